The van der Waals surface area contributed by atoms with Gasteiger partial charge in [-0.2, -0.15) is 0 Å². The molecule has 0 aromatic heterocycles. The van der Waals surface area contributed by atoms with Gasteiger partial charge >= 0.3 is 0 Å². The lowest BCUT2D eigenvalue weighted by Crippen LogP contribution is -2.43. The number of hydrogen-bond acceptors (Lipinski definition) is 1. The fourth-order valence-electron chi connectivity index (χ4n) is 4.00. The van der Waals surface area contributed by atoms with E-state index in [4.69, 9.17) is 0 Å². The smallest absolute Gasteiger partial charge is 0.123 e. The van der Waals surface area contributed by atoms with Crippen LogP contribution in [-0.4, -0.2) is 6.04 Å². The lowest BCUT2D eigenvalue weighted by molar-refractivity contribution is 0.187. The van der Waals surface area contributed by atoms with Gasteiger partial charge in [-0.05, 0) is 61.1 Å². The molecule has 3 rings (SSSR count). The summed E-state index contributed by atoms with van der Waals surface area (Å²) in [5.41, 5.74) is 1.27. The maximum Gasteiger partial charge on any atom is 0.123 e. The first-order valence-electron chi connectivity index (χ1n) is 8.66. The normalized spacial score (nSPS) is 27.8. The molecule has 0 bridgehead atoms. The summed E-state index contributed by atoms with van der Waals surface area (Å²) < 4.78 is 13.2. The molecule has 0 spiro atoms. The largest absolute Gasteiger partial charge is 0.307 e. The molecule has 1 N–H and O–H groups in total. The third-order valence-corrected chi connectivity index (χ3v) is 5.39. The Bertz CT molecular complexity index is 449. The molecule has 2 heteroatoms. The molecule has 21 heavy (non-hydrogen) atoms. The number of nitrogens with one attached hydrogen (secondary N) is 1. The Morgan fingerprint density at radius 3 is 2.29 bits per heavy atom. The zero-order chi connectivity index (χ0) is 14.8. The van der Waals surface area contributed by atoms with Crippen LogP contribution in [0, 0.1) is 23.6 Å². The molecule has 2 aliphatic carbocycles. The Morgan fingerprint density at radius 1 is 1.00 bits per heavy atom. The van der Waals surface area contributed by atoms with Crippen LogP contribution in [0.2, 0.25) is 0 Å². The summed E-state index contributed by atoms with van der Waals surface area (Å²) in [5, 5.41) is 3.96. The second-order valence-electron chi connectivity index (χ2n) is 7.33. The molecule has 0 saturated heterocycles. The predicted molar refractivity (Wildman–Crippen MR) is 85.6 cm³/mol. The molecule has 3 unspecified atom stereocenters. The van der Waals surface area contributed by atoms with Crippen LogP contribution in [0.4, 0.5) is 4.39 Å². The van der Waals surface area contributed by atoms with Gasteiger partial charge in [0.25, 0.3) is 0 Å². The maximum atomic E-state index is 13.2. The quantitative estimate of drug-likeness (QED) is 0.797. The summed E-state index contributed by atoms with van der Waals surface area (Å²) in [6.07, 6.45) is 8.01. The highest BCUT2D eigenvalue weighted by Gasteiger charge is 2.36. The summed E-state index contributed by atoms with van der Waals surface area (Å²) in [6.45, 7) is 4.71. The van der Waals surface area contributed by atoms with Crippen LogP contribution in [0.25, 0.3) is 0 Å². The van der Waals surface area contributed by atoms with Gasteiger partial charge in [0.15, 0.2) is 0 Å². The minimum atomic E-state index is -0.133. The Balaban J connectivity index is 1.73. The van der Waals surface area contributed by atoms with Gasteiger partial charge < -0.3 is 5.32 Å². The third kappa shape index (κ3) is 3.66. The molecule has 2 saturated carbocycles. The van der Waals surface area contributed by atoms with Gasteiger partial charge in [-0.3, -0.25) is 0 Å². The highest BCUT2D eigenvalue weighted by atomic mass is 19.1. The van der Waals surface area contributed by atoms with Crippen molar-refractivity contribution in [2.75, 3.05) is 0 Å². The van der Waals surface area contributed by atoms with Crippen LogP contribution in [0.3, 0.4) is 0 Å². The second-order valence-corrected chi connectivity index (χ2v) is 7.33. The Labute approximate surface area is 128 Å². The first-order chi connectivity index (χ1) is 10.1. The molecule has 0 heterocycles. The number of halogens is 1. The fraction of sp³-hybridized carbons (Fsp3) is 0.684. The van der Waals surface area contributed by atoms with Crippen molar-refractivity contribution >= 4 is 0 Å². The van der Waals surface area contributed by atoms with Gasteiger partial charge in [0.05, 0.1) is 0 Å². The van der Waals surface area contributed by atoms with E-state index in [-0.39, 0.29) is 5.82 Å². The lowest BCUT2D eigenvalue weighted by atomic mass is 9.77. The van der Waals surface area contributed by atoms with Crippen molar-refractivity contribution in [1.29, 1.82) is 0 Å². The average Bonchev–Trinajstić information content (AvgIpc) is 3.31. The van der Waals surface area contributed by atoms with Crippen LogP contribution < -0.4 is 5.32 Å². The molecule has 0 amide bonds. The zero-order valence-corrected chi connectivity index (χ0v) is 13.3. The summed E-state index contributed by atoms with van der Waals surface area (Å²) in [4.78, 5) is 0. The van der Waals surface area contributed by atoms with E-state index in [2.05, 4.69) is 19.2 Å². The van der Waals surface area contributed by atoms with Crippen molar-refractivity contribution in [2.24, 2.45) is 17.8 Å². The van der Waals surface area contributed by atoms with Crippen molar-refractivity contribution in [3.63, 3.8) is 0 Å². The average molecular weight is 289 g/mol. The Morgan fingerprint density at radius 2 is 1.67 bits per heavy atom. The highest BCUT2D eigenvalue weighted by molar-refractivity contribution is 5.22. The topological polar surface area (TPSA) is 12.0 Å². The van der Waals surface area contributed by atoms with Crippen molar-refractivity contribution in [1.82, 2.24) is 5.32 Å². The fourth-order valence-corrected chi connectivity index (χ4v) is 4.00. The van der Waals surface area contributed by atoms with E-state index in [9.17, 15) is 4.39 Å². The molecule has 2 fully saturated rings. The van der Waals surface area contributed by atoms with E-state index in [1.54, 1.807) is 12.1 Å². The molecule has 116 valence electrons. The van der Waals surface area contributed by atoms with Crippen LogP contribution in [-0.2, 0) is 0 Å². The van der Waals surface area contributed by atoms with Crippen LogP contribution in [0.1, 0.15) is 64.0 Å². The van der Waals surface area contributed by atoms with Crippen molar-refractivity contribution in [2.45, 2.75) is 64.5 Å². The Hall–Kier alpha value is -0.890. The van der Waals surface area contributed by atoms with Crippen molar-refractivity contribution in [3.05, 3.63) is 35.6 Å². The minimum absolute atomic E-state index is 0.133. The van der Waals surface area contributed by atoms with Crippen LogP contribution in [0.5, 0.6) is 0 Å². The SMILES string of the molecule is CC(C)C1CCCCC1NC(c1ccc(F)cc1)C1CC1. The number of hydrogen-bond donors (Lipinski definition) is 1. The summed E-state index contributed by atoms with van der Waals surface area (Å²) in [6, 6.07) is 8.21. The van der Waals surface area contributed by atoms with E-state index < -0.39 is 0 Å². The van der Waals surface area contributed by atoms with Gasteiger partial charge in [0.1, 0.15) is 5.82 Å². The minimum Gasteiger partial charge on any atom is -0.307 e. The van der Waals surface area contributed by atoms with E-state index in [0.29, 0.717) is 12.1 Å². The molecular weight excluding hydrogens is 261 g/mol. The number of rotatable bonds is 5. The van der Waals surface area contributed by atoms with Crippen molar-refractivity contribution < 1.29 is 4.39 Å². The summed E-state index contributed by atoms with van der Waals surface area (Å²) >= 11 is 0. The van der Waals surface area contributed by atoms with E-state index >= 15 is 0 Å². The molecular formula is C19H28FN. The molecule has 0 aliphatic heterocycles. The van der Waals surface area contributed by atoms with E-state index in [1.165, 1.54) is 44.1 Å². The monoisotopic (exact) mass is 289 g/mol. The number of benzene rings is 1. The van der Waals surface area contributed by atoms with Crippen LogP contribution in [0.15, 0.2) is 24.3 Å². The highest BCUT2D eigenvalue weighted by Crippen LogP contribution is 2.43. The van der Waals surface area contributed by atoms with E-state index in [1.807, 2.05) is 12.1 Å². The molecule has 1 aromatic carbocycles. The van der Waals surface area contributed by atoms with Gasteiger partial charge in [-0.15, -0.1) is 0 Å². The predicted octanol–water partition coefficient (Wildman–Crippen LogP) is 5.08. The van der Waals surface area contributed by atoms with Gasteiger partial charge in [-0.25, -0.2) is 4.39 Å². The molecule has 1 aromatic rings. The third-order valence-electron chi connectivity index (χ3n) is 5.39. The van der Waals surface area contributed by atoms with Gasteiger partial charge in [0, 0.05) is 12.1 Å². The molecule has 1 nitrogen and oxygen atoms in total. The summed E-state index contributed by atoms with van der Waals surface area (Å²) in [7, 11) is 0. The summed E-state index contributed by atoms with van der Waals surface area (Å²) in [5.74, 6) is 2.16. The first-order valence-corrected chi connectivity index (χ1v) is 8.66. The van der Waals surface area contributed by atoms with Crippen LogP contribution >= 0.6 is 0 Å². The van der Waals surface area contributed by atoms with E-state index in [0.717, 1.165) is 17.8 Å². The van der Waals surface area contributed by atoms with Gasteiger partial charge in [-0.1, -0.05) is 38.8 Å². The van der Waals surface area contributed by atoms with Gasteiger partial charge in [0.2, 0.25) is 0 Å². The first kappa shape index (κ1) is 15.0. The standard InChI is InChI=1S/C19H28FN/c1-13(2)17-5-3-4-6-18(17)21-19(14-7-8-14)15-9-11-16(20)12-10-15/h9-14,17-19,21H,3-8H2,1-2H3. The zero-order valence-electron chi connectivity index (χ0n) is 13.3. The second kappa shape index (κ2) is 6.48. The molecule has 0 radical (unpaired) electrons. The lowest BCUT2D eigenvalue weighted by Gasteiger charge is -2.38. The molecule has 2 aliphatic rings. The Kier molecular flexibility index (Phi) is 4.63. The molecule has 3 atom stereocenters. The van der Waals surface area contributed by atoms with Crippen molar-refractivity contribution in [3.8, 4) is 0 Å². The maximum absolute atomic E-state index is 13.2.